The number of aliphatic hydroxyl groups is 1. The van der Waals surface area contributed by atoms with E-state index in [0.29, 0.717) is 6.54 Å². The van der Waals surface area contributed by atoms with Crippen LogP contribution in [0.2, 0.25) is 0 Å². The lowest BCUT2D eigenvalue weighted by molar-refractivity contribution is 0.0624. The number of nitrogens with zero attached hydrogens (tertiary/aromatic N) is 2. The molecule has 1 aliphatic rings. The maximum atomic E-state index is 12.3. The highest BCUT2D eigenvalue weighted by molar-refractivity contribution is 7.13. The maximum Gasteiger partial charge on any atom is 0.265 e. The molecule has 94 valence electrons. The van der Waals surface area contributed by atoms with Crippen LogP contribution in [-0.4, -0.2) is 40.6 Å². The lowest BCUT2D eigenvalue weighted by Crippen LogP contribution is -2.40. The third-order valence-corrected chi connectivity index (χ3v) is 4.22. The van der Waals surface area contributed by atoms with Gasteiger partial charge in [-0.1, -0.05) is 0 Å². The van der Waals surface area contributed by atoms with Gasteiger partial charge >= 0.3 is 0 Å². The number of carbonyl (C=O) groups excluding carboxylic acids is 1. The molecule has 0 bridgehead atoms. The van der Waals surface area contributed by atoms with E-state index >= 15 is 0 Å². The summed E-state index contributed by atoms with van der Waals surface area (Å²) in [5.74, 6) is 0.313. The van der Waals surface area contributed by atoms with Gasteiger partial charge in [0.15, 0.2) is 0 Å². The van der Waals surface area contributed by atoms with Crippen molar-refractivity contribution in [1.82, 2.24) is 9.88 Å². The Morgan fingerprint density at radius 3 is 2.94 bits per heavy atom. The molecule has 5 heteroatoms. The number of aryl methyl sites for hydroxylation is 2. The first kappa shape index (κ1) is 12.5. The molecule has 1 aromatic rings. The fourth-order valence-electron chi connectivity index (χ4n) is 2.27. The fourth-order valence-corrected chi connectivity index (χ4v) is 3.16. The molecular formula is C12H18N2O2S. The van der Waals surface area contributed by atoms with Gasteiger partial charge in [0.1, 0.15) is 4.88 Å². The highest BCUT2D eigenvalue weighted by atomic mass is 32.1. The van der Waals surface area contributed by atoms with E-state index in [1.807, 2.05) is 18.7 Å². The van der Waals surface area contributed by atoms with E-state index in [1.165, 1.54) is 11.3 Å². The molecule has 1 saturated heterocycles. The molecule has 1 aliphatic heterocycles. The lowest BCUT2D eigenvalue weighted by atomic mass is 9.99. The molecule has 1 atom stereocenters. The standard InChI is InChI=1S/C12H18N2O2S/c1-8-11(17-9(2)13-8)12(16)14-5-3-4-10(6-14)7-15/h10,15H,3-7H2,1-2H3/t10-/m0/s1. The third-order valence-electron chi connectivity index (χ3n) is 3.16. The van der Waals surface area contributed by atoms with Gasteiger partial charge in [-0.25, -0.2) is 4.98 Å². The number of aliphatic hydroxyl groups excluding tert-OH is 1. The van der Waals surface area contributed by atoms with Gasteiger partial charge < -0.3 is 10.0 Å². The summed E-state index contributed by atoms with van der Waals surface area (Å²) in [5, 5.41) is 10.1. The van der Waals surface area contributed by atoms with Crippen LogP contribution < -0.4 is 0 Å². The monoisotopic (exact) mass is 254 g/mol. The Kier molecular flexibility index (Phi) is 3.79. The molecule has 0 spiro atoms. The minimum atomic E-state index is 0.0752. The second kappa shape index (κ2) is 5.14. The first-order valence-electron chi connectivity index (χ1n) is 5.96. The number of aromatic nitrogens is 1. The summed E-state index contributed by atoms with van der Waals surface area (Å²) in [6, 6.07) is 0. The summed E-state index contributed by atoms with van der Waals surface area (Å²) in [6.07, 6.45) is 1.99. The van der Waals surface area contributed by atoms with Crippen LogP contribution in [0.25, 0.3) is 0 Å². The van der Waals surface area contributed by atoms with Crippen molar-refractivity contribution in [2.24, 2.45) is 5.92 Å². The molecule has 2 heterocycles. The minimum absolute atomic E-state index is 0.0752. The SMILES string of the molecule is Cc1nc(C)c(C(=O)N2CCC[C@H](CO)C2)s1. The summed E-state index contributed by atoms with van der Waals surface area (Å²) >= 11 is 1.46. The van der Waals surface area contributed by atoms with Crippen LogP contribution in [0.3, 0.4) is 0 Å². The average molecular weight is 254 g/mol. The zero-order valence-corrected chi connectivity index (χ0v) is 11.1. The van der Waals surface area contributed by atoms with Gasteiger partial charge in [-0.2, -0.15) is 0 Å². The highest BCUT2D eigenvalue weighted by Crippen LogP contribution is 2.23. The van der Waals surface area contributed by atoms with Crippen molar-refractivity contribution in [2.75, 3.05) is 19.7 Å². The molecule has 2 rings (SSSR count). The second-order valence-electron chi connectivity index (χ2n) is 4.59. The normalized spacial score (nSPS) is 20.6. The molecular weight excluding hydrogens is 236 g/mol. The third kappa shape index (κ3) is 2.66. The van der Waals surface area contributed by atoms with Crippen molar-refractivity contribution in [1.29, 1.82) is 0 Å². The first-order valence-corrected chi connectivity index (χ1v) is 6.77. The number of carbonyl (C=O) groups is 1. The van der Waals surface area contributed by atoms with E-state index in [-0.39, 0.29) is 18.4 Å². The van der Waals surface area contributed by atoms with Gasteiger partial charge in [-0.15, -0.1) is 11.3 Å². The molecule has 0 aliphatic carbocycles. The first-order chi connectivity index (χ1) is 8.11. The van der Waals surface area contributed by atoms with Gasteiger partial charge in [0.05, 0.1) is 10.7 Å². The number of hydrogen-bond donors (Lipinski definition) is 1. The Balaban J connectivity index is 2.12. The maximum absolute atomic E-state index is 12.3. The number of piperidine rings is 1. The molecule has 1 amide bonds. The number of thiazole rings is 1. The van der Waals surface area contributed by atoms with Crippen LogP contribution in [0.5, 0.6) is 0 Å². The Bertz CT molecular complexity index is 417. The Hall–Kier alpha value is -0.940. The molecule has 1 N–H and O–H groups in total. The van der Waals surface area contributed by atoms with Crippen molar-refractivity contribution in [3.05, 3.63) is 15.6 Å². The highest BCUT2D eigenvalue weighted by Gasteiger charge is 2.26. The number of amides is 1. The molecule has 0 unspecified atom stereocenters. The van der Waals surface area contributed by atoms with E-state index in [2.05, 4.69) is 4.98 Å². The molecule has 1 aromatic heterocycles. The summed E-state index contributed by atoms with van der Waals surface area (Å²) in [6.45, 7) is 5.44. The molecule has 0 aromatic carbocycles. The van der Waals surface area contributed by atoms with Gasteiger partial charge in [0.25, 0.3) is 5.91 Å². The predicted molar refractivity (Wildman–Crippen MR) is 67.3 cm³/mol. The quantitative estimate of drug-likeness (QED) is 0.872. The van der Waals surface area contributed by atoms with Gasteiger partial charge in [0, 0.05) is 19.7 Å². The van der Waals surface area contributed by atoms with Gasteiger partial charge in [-0.05, 0) is 32.6 Å². The number of likely N-dealkylation sites (tertiary alicyclic amines) is 1. The smallest absolute Gasteiger partial charge is 0.265 e. The van der Waals surface area contributed by atoms with Crippen LogP contribution in [0.4, 0.5) is 0 Å². The molecule has 17 heavy (non-hydrogen) atoms. The Morgan fingerprint density at radius 2 is 2.35 bits per heavy atom. The lowest BCUT2D eigenvalue weighted by Gasteiger charge is -2.31. The topological polar surface area (TPSA) is 53.4 Å². The largest absolute Gasteiger partial charge is 0.396 e. The molecule has 4 nitrogen and oxygen atoms in total. The van der Waals surface area contributed by atoms with Crippen LogP contribution >= 0.6 is 11.3 Å². The zero-order valence-electron chi connectivity index (χ0n) is 10.3. The number of hydrogen-bond acceptors (Lipinski definition) is 4. The zero-order chi connectivity index (χ0) is 12.4. The Morgan fingerprint density at radius 1 is 1.59 bits per heavy atom. The fraction of sp³-hybridized carbons (Fsp3) is 0.667. The van der Waals surface area contributed by atoms with E-state index in [4.69, 9.17) is 0 Å². The van der Waals surface area contributed by atoms with Crippen LogP contribution in [0.1, 0.15) is 33.2 Å². The molecule has 1 fully saturated rings. The van der Waals surface area contributed by atoms with Crippen molar-refractivity contribution in [2.45, 2.75) is 26.7 Å². The predicted octanol–water partition coefficient (Wildman–Crippen LogP) is 1.60. The van der Waals surface area contributed by atoms with Crippen LogP contribution in [0.15, 0.2) is 0 Å². The van der Waals surface area contributed by atoms with Crippen LogP contribution in [0, 0.1) is 19.8 Å². The van der Waals surface area contributed by atoms with E-state index in [0.717, 1.165) is 35.0 Å². The molecule has 0 saturated carbocycles. The summed E-state index contributed by atoms with van der Waals surface area (Å²) in [4.78, 5) is 19.2. The summed E-state index contributed by atoms with van der Waals surface area (Å²) in [7, 11) is 0. The van der Waals surface area contributed by atoms with Crippen molar-refractivity contribution in [3.63, 3.8) is 0 Å². The van der Waals surface area contributed by atoms with Crippen molar-refractivity contribution in [3.8, 4) is 0 Å². The molecule has 0 radical (unpaired) electrons. The Labute approximate surface area is 105 Å². The average Bonchev–Trinajstić information content (AvgIpc) is 2.67. The number of rotatable bonds is 2. The van der Waals surface area contributed by atoms with Crippen LogP contribution in [-0.2, 0) is 0 Å². The van der Waals surface area contributed by atoms with Gasteiger partial charge in [0.2, 0.25) is 0 Å². The van der Waals surface area contributed by atoms with Crippen molar-refractivity contribution >= 4 is 17.2 Å². The minimum Gasteiger partial charge on any atom is -0.396 e. The van der Waals surface area contributed by atoms with E-state index in [1.54, 1.807) is 0 Å². The summed E-state index contributed by atoms with van der Waals surface area (Å²) in [5.41, 5.74) is 0.823. The second-order valence-corrected chi connectivity index (χ2v) is 5.79. The summed E-state index contributed by atoms with van der Waals surface area (Å²) < 4.78 is 0. The van der Waals surface area contributed by atoms with E-state index in [9.17, 15) is 9.90 Å². The van der Waals surface area contributed by atoms with Crippen molar-refractivity contribution < 1.29 is 9.90 Å². The van der Waals surface area contributed by atoms with Gasteiger partial charge in [-0.3, -0.25) is 4.79 Å². The van der Waals surface area contributed by atoms with E-state index < -0.39 is 0 Å².